The first-order valence-corrected chi connectivity index (χ1v) is 9.12. The second kappa shape index (κ2) is 6.97. The first-order valence-electron chi connectivity index (χ1n) is 8.74. The van der Waals surface area contributed by atoms with E-state index in [0.717, 1.165) is 36.8 Å². The van der Waals surface area contributed by atoms with Crippen molar-refractivity contribution < 1.29 is 9.53 Å². The molecule has 1 fully saturated rings. The number of halogens is 1. The molecule has 0 unspecified atom stereocenters. The topological polar surface area (TPSA) is 46.8 Å². The fraction of sp³-hybridized carbons (Fsp3) is 0.350. The van der Waals surface area contributed by atoms with E-state index in [1.54, 1.807) is 12.3 Å². The van der Waals surface area contributed by atoms with Crippen molar-refractivity contribution in [1.29, 1.82) is 0 Å². The average molecular weight is 368 g/mol. The van der Waals surface area contributed by atoms with Crippen LogP contribution in [0.4, 0.5) is 5.82 Å². The van der Waals surface area contributed by atoms with Gasteiger partial charge in [-0.25, -0.2) is 0 Å². The van der Waals surface area contributed by atoms with Crippen LogP contribution < -0.4 is 4.74 Å². The van der Waals surface area contributed by atoms with Crippen molar-refractivity contribution in [1.82, 2.24) is 9.88 Å². The van der Waals surface area contributed by atoms with Crippen LogP contribution in [0.5, 0.6) is 5.75 Å². The average Bonchev–Trinajstić information content (AvgIpc) is 3.00. The fourth-order valence-corrected chi connectivity index (χ4v) is 4.00. The molecule has 1 aromatic heterocycles. The van der Waals surface area contributed by atoms with E-state index in [9.17, 15) is 4.79 Å². The smallest absolute Gasteiger partial charge is 0.288 e. The van der Waals surface area contributed by atoms with Crippen LogP contribution >= 0.6 is 11.6 Å². The third-order valence-corrected chi connectivity index (χ3v) is 5.42. The minimum atomic E-state index is 0.0861. The van der Waals surface area contributed by atoms with E-state index in [-0.39, 0.29) is 23.9 Å². The molecule has 0 bridgehead atoms. The summed E-state index contributed by atoms with van der Waals surface area (Å²) in [6, 6.07) is 9.76. The highest BCUT2D eigenvalue weighted by Gasteiger charge is 2.35. The predicted octanol–water partition coefficient (Wildman–Crippen LogP) is 4.63. The molecule has 5 nitrogen and oxygen atoms in total. The number of aromatic nitrogens is 1. The predicted molar refractivity (Wildman–Crippen MR) is 98.5 cm³/mol. The van der Waals surface area contributed by atoms with Gasteiger partial charge in [0.2, 0.25) is 0 Å². The van der Waals surface area contributed by atoms with E-state index < -0.39 is 0 Å². The van der Waals surface area contributed by atoms with Crippen molar-refractivity contribution in [2.24, 2.45) is 0 Å². The molecule has 0 spiro atoms. The van der Waals surface area contributed by atoms with Gasteiger partial charge in [-0.2, -0.15) is 0 Å². The van der Waals surface area contributed by atoms with Gasteiger partial charge >= 0.3 is 0 Å². The number of benzene rings is 1. The number of carbonyl (C=O) groups is 1. The molecule has 4 rings (SSSR count). The van der Waals surface area contributed by atoms with Gasteiger partial charge in [0.15, 0.2) is 11.9 Å². The van der Waals surface area contributed by atoms with Gasteiger partial charge in [0, 0.05) is 18.2 Å². The van der Waals surface area contributed by atoms with Gasteiger partial charge in [0.1, 0.15) is 0 Å². The van der Waals surface area contributed by atoms with E-state index >= 15 is 0 Å². The molecule has 2 aromatic rings. The quantitative estimate of drug-likeness (QED) is 0.743. The minimum absolute atomic E-state index is 0.0861. The zero-order valence-electron chi connectivity index (χ0n) is 14.2. The number of nitrogens with zero attached hydrogens (tertiary/aromatic N) is 3. The van der Waals surface area contributed by atoms with Crippen LogP contribution in [-0.2, 0) is 6.54 Å². The first-order chi connectivity index (χ1) is 12.7. The van der Waals surface area contributed by atoms with Crippen LogP contribution in [0.1, 0.15) is 41.6 Å². The summed E-state index contributed by atoms with van der Waals surface area (Å²) in [5, 5.41) is 0.312. The highest BCUT2D eigenvalue weighted by Crippen LogP contribution is 2.33. The van der Waals surface area contributed by atoms with Gasteiger partial charge in [0.05, 0.1) is 11.1 Å². The molecule has 0 atom stereocenters. The zero-order chi connectivity index (χ0) is 18.1. The SMILES string of the molecule is [C-]#[N+]c1ncc(OC2CCC(N3Cc4ccccc4C3=O)CC2)cc1Cl. The lowest BCUT2D eigenvalue weighted by atomic mass is 9.92. The summed E-state index contributed by atoms with van der Waals surface area (Å²) in [5.41, 5.74) is 1.96. The lowest BCUT2D eigenvalue weighted by Gasteiger charge is -2.34. The van der Waals surface area contributed by atoms with Crippen molar-refractivity contribution in [3.05, 3.63) is 64.1 Å². The summed E-state index contributed by atoms with van der Waals surface area (Å²) in [6.45, 7) is 7.69. The Labute approximate surface area is 157 Å². The Kier molecular flexibility index (Phi) is 4.52. The number of rotatable bonds is 3. The first kappa shape index (κ1) is 16.9. The molecular formula is C20H18ClN3O2. The van der Waals surface area contributed by atoms with Gasteiger partial charge < -0.3 is 14.5 Å². The number of ether oxygens (including phenoxy) is 1. The molecule has 0 N–H and O–H groups in total. The third kappa shape index (κ3) is 3.13. The molecule has 1 saturated carbocycles. The van der Waals surface area contributed by atoms with Crippen molar-refractivity contribution >= 4 is 23.3 Å². The summed E-state index contributed by atoms with van der Waals surface area (Å²) in [6.07, 6.45) is 5.24. The third-order valence-electron chi connectivity index (χ3n) is 5.14. The maximum absolute atomic E-state index is 12.6. The number of fused-ring (bicyclic) bond motifs is 1. The zero-order valence-corrected chi connectivity index (χ0v) is 14.9. The fourth-order valence-electron chi connectivity index (χ4n) is 3.80. The molecule has 1 amide bonds. The normalized spacial score (nSPS) is 22.0. The van der Waals surface area contributed by atoms with E-state index in [1.165, 1.54) is 0 Å². The number of carbonyl (C=O) groups excluding carboxylic acids is 1. The van der Waals surface area contributed by atoms with Crippen molar-refractivity contribution in [3.8, 4) is 5.75 Å². The van der Waals surface area contributed by atoms with E-state index in [4.69, 9.17) is 22.9 Å². The van der Waals surface area contributed by atoms with Crippen molar-refractivity contribution in [2.45, 2.75) is 44.4 Å². The molecule has 1 aromatic carbocycles. The lowest BCUT2D eigenvalue weighted by Crippen LogP contribution is -2.40. The standard InChI is InChI=1S/C20H18ClN3O2/c1-22-19-18(21)10-16(11-23-19)26-15-8-6-14(7-9-15)24-12-13-4-2-3-5-17(13)20(24)25/h2-5,10-11,14-15H,6-9,12H2. The summed E-state index contributed by atoms with van der Waals surface area (Å²) in [7, 11) is 0. The number of hydrogen-bond acceptors (Lipinski definition) is 3. The van der Waals surface area contributed by atoms with Crippen LogP contribution in [0.15, 0.2) is 36.5 Å². The van der Waals surface area contributed by atoms with Crippen molar-refractivity contribution in [2.75, 3.05) is 0 Å². The van der Waals surface area contributed by atoms with E-state index in [1.807, 2.05) is 29.2 Å². The van der Waals surface area contributed by atoms with Crippen LogP contribution in [0.25, 0.3) is 4.85 Å². The second-order valence-corrected chi connectivity index (χ2v) is 7.13. The molecule has 1 aliphatic carbocycles. The highest BCUT2D eigenvalue weighted by molar-refractivity contribution is 6.33. The van der Waals surface area contributed by atoms with E-state index in [2.05, 4.69) is 9.83 Å². The molecule has 6 heteroatoms. The molecule has 132 valence electrons. The molecular weight excluding hydrogens is 350 g/mol. The van der Waals surface area contributed by atoms with Crippen LogP contribution in [-0.4, -0.2) is 27.9 Å². The van der Waals surface area contributed by atoms with Crippen LogP contribution in [0.2, 0.25) is 5.02 Å². The minimum Gasteiger partial charge on any atom is -0.487 e. The monoisotopic (exact) mass is 367 g/mol. The Morgan fingerprint density at radius 2 is 2.00 bits per heavy atom. The Balaban J connectivity index is 1.36. The number of pyridine rings is 1. The van der Waals surface area contributed by atoms with Gasteiger partial charge in [-0.1, -0.05) is 36.4 Å². The lowest BCUT2D eigenvalue weighted by molar-refractivity contribution is 0.0561. The summed E-state index contributed by atoms with van der Waals surface area (Å²) < 4.78 is 5.98. The van der Waals surface area contributed by atoms with Crippen molar-refractivity contribution in [3.63, 3.8) is 0 Å². The maximum Gasteiger partial charge on any atom is 0.288 e. The Morgan fingerprint density at radius 1 is 1.23 bits per heavy atom. The highest BCUT2D eigenvalue weighted by atomic mass is 35.5. The Hall–Kier alpha value is -2.58. The summed E-state index contributed by atoms with van der Waals surface area (Å²) in [4.78, 5) is 21.9. The van der Waals surface area contributed by atoms with Crippen LogP contribution in [0.3, 0.4) is 0 Å². The van der Waals surface area contributed by atoms with Gasteiger partial charge in [-0.05, 0) is 43.4 Å². The Morgan fingerprint density at radius 3 is 2.69 bits per heavy atom. The molecule has 2 aliphatic rings. The molecule has 1 aliphatic heterocycles. The summed E-state index contributed by atoms with van der Waals surface area (Å²) in [5.74, 6) is 0.932. The maximum atomic E-state index is 12.6. The molecule has 2 heterocycles. The molecule has 0 radical (unpaired) electrons. The van der Waals surface area contributed by atoms with Crippen LogP contribution in [0, 0.1) is 6.57 Å². The summed E-state index contributed by atoms with van der Waals surface area (Å²) >= 11 is 6.02. The van der Waals surface area contributed by atoms with Gasteiger partial charge in [-0.3, -0.25) is 4.79 Å². The van der Waals surface area contributed by atoms with E-state index in [0.29, 0.717) is 17.3 Å². The van der Waals surface area contributed by atoms with Gasteiger partial charge in [-0.15, -0.1) is 4.98 Å². The largest absolute Gasteiger partial charge is 0.487 e. The molecule has 0 saturated heterocycles. The molecule has 26 heavy (non-hydrogen) atoms. The second-order valence-electron chi connectivity index (χ2n) is 6.73. The van der Waals surface area contributed by atoms with Gasteiger partial charge in [0.25, 0.3) is 11.7 Å². The number of hydrogen-bond donors (Lipinski definition) is 0. The number of amides is 1. The Bertz CT molecular complexity index is 885.